The van der Waals surface area contributed by atoms with Crippen LogP contribution in [0.1, 0.15) is 62.7 Å². The lowest BCUT2D eigenvalue weighted by molar-refractivity contribution is -0.126. The lowest BCUT2D eigenvalue weighted by Gasteiger charge is -2.26. The smallest absolute Gasteiger partial charge is 0.223 e. The second kappa shape index (κ2) is 9.28. The number of hydrogen-bond acceptors (Lipinski definition) is 6. The molecule has 1 amide bonds. The van der Waals surface area contributed by atoms with Gasteiger partial charge < -0.3 is 14.6 Å². The SMILES string of the molecule is COC1CCC(C(=O)NCCc2nc(C(C)C)ncc2-c2cc(C)no2)CC1. The molecule has 7 heteroatoms. The molecule has 7 nitrogen and oxygen atoms in total. The highest BCUT2D eigenvalue weighted by Crippen LogP contribution is 2.26. The van der Waals surface area contributed by atoms with Gasteiger partial charge in [0.1, 0.15) is 5.82 Å². The van der Waals surface area contributed by atoms with Crippen molar-refractivity contribution in [3.05, 3.63) is 29.5 Å². The zero-order chi connectivity index (χ0) is 20.1. The highest BCUT2D eigenvalue weighted by molar-refractivity contribution is 5.78. The Kier molecular flexibility index (Phi) is 6.78. The van der Waals surface area contributed by atoms with Crippen LogP contribution in [0.15, 0.2) is 16.8 Å². The molecule has 0 atom stereocenters. The first-order valence-corrected chi connectivity index (χ1v) is 10.1. The predicted octanol–water partition coefficient (Wildman–Crippen LogP) is 3.43. The molecule has 0 saturated heterocycles. The molecule has 3 rings (SSSR count). The Hall–Kier alpha value is -2.28. The van der Waals surface area contributed by atoms with Crippen LogP contribution in [-0.4, -0.2) is 40.8 Å². The van der Waals surface area contributed by atoms with Crippen LogP contribution in [0.25, 0.3) is 11.3 Å². The summed E-state index contributed by atoms with van der Waals surface area (Å²) >= 11 is 0. The van der Waals surface area contributed by atoms with E-state index in [2.05, 4.69) is 29.3 Å². The molecule has 1 aliphatic carbocycles. The van der Waals surface area contributed by atoms with E-state index in [1.165, 1.54) is 0 Å². The minimum Gasteiger partial charge on any atom is -0.381 e. The molecule has 2 aromatic heterocycles. The number of hydrogen-bond donors (Lipinski definition) is 1. The Morgan fingerprint density at radius 2 is 2.07 bits per heavy atom. The van der Waals surface area contributed by atoms with Crippen molar-refractivity contribution in [2.45, 2.75) is 64.9 Å². The third kappa shape index (κ3) is 4.95. The summed E-state index contributed by atoms with van der Waals surface area (Å²) < 4.78 is 10.8. The summed E-state index contributed by atoms with van der Waals surface area (Å²) in [6.07, 6.45) is 6.39. The molecule has 1 saturated carbocycles. The van der Waals surface area contributed by atoms with Gasteiger partial charge in [-0.15, -0.1) is 0 Å². The van der Waals surface area contributed by atoms with E-state index >= 15 is 0 Å². The molecule has 0 unspecified atom stereocenters. The summed E-state index contributed by atoms with van der Waals surface area (Å²) in [5.74, 6) is 1.89. The van der Waals surface area contributed by atoms with E-state index in [0.29, 0.717) is 24.8 Å². The molecule has 152 valence electrons. The molecule has 0 spiro atoms. The average molecular weight is 386 g/mol. The zero-order valence-electron chi connectivity index (χ0n) is 17.2. The molecule has 28 heavy (non-hydrogen) atoms. The molecule has 1 N–H and O–H groups in total. The summed E-state index contributed by atoms with van der Waals surface area (Å²) in [6, 6.07) is 1.88. The number of aromatic nitrogens is 3. The van der Waals surface area contributed by atoms with E-state index in [9.17, 15) is 4.79 Å². The van der Waals surface area contributed by atoms with Crippen LogP contribution in [0.2, 0.25) is 0 Å². The first kappa shape index (κ1) is 20.5. The number of aryl methyl sites for hydroxylation is 1. The number of ether oxygens (including phenoxy) is 1. The lowest BCUT2D eigenvalue weighted by atomic mass is 9.87. The largest absolute Gasteiger partial charge is 0.381 e. The minimum atomic E-state index is 0.0828. The Morgan fingerprint density at radius 3 is 2.68 bits per heavy atom. The van der Waals surface area contributed by atoms with Gasteiger partial charge in [0, 0.05) is 44.2 Å². The molecule has 1 aliphatic rings. The second-order valence-corrected chi connectivity index (χ2v) is 7.83. The van der Waals surface area contributed by atoms with Crippen molar-refractivity contribution in [3.63, 3.8) is 0 Å². The first-order valence-electron chi connectivity index (χ1n) is 10.1. The third-order valence-electron chi connectivity index (χ3n) is 5.34. The zero-order valence-corrected chi connectivity index (χ0v) is 17.2. The van der Waals surface area contributed by atoms with Gasteiger partial charge in [0.25, 0.3) is 0 Å². The maximum Gasteiger partial charge on any atom is 0.223 e. The van der Waals surface area contributed by atoms with Crippen LogP contribution in [0.4, 0.5) is 0 Å². The number of rotatable bonds is 7. The Morgan fingerprint density at radius 1 is 1.32 bits per heavy atom. The summed E-state index contributed by atoms with van der Waals surface area (Å²) in [5, 5.41) is 7.04. The van der Waals surface area contributed by atoms with Gasteiger partial charge in [-0.25, -0.2) is 9.97 Å². The van der Waals surface area contributed by atoms with Crippen molar-refractivity contribution in [1.29, 1.82) is 0 Å². The molecule has 2 aromatic rings. The summed E-state index contributed by atoms with van der Waals surface area (Å²) in [5.41, 5.74) is 2.52. The van der Waals surface area contributed by atoms with E-state index in [1.807, 2.05) is 13.0 Å². The van der Waals surface area contributed by atoms with Crippen LogP contribution in [0, 0.1) is 12.8 Å². The molecule has 0 bridgehead atoms. The van der Waals surface area contributed by atoms with E-state index < -0.39 is 0 Å². The fourth-order valence-electron chi connectivity index (χ4n) is 3.61. The van der Waals surface area contributed by atoms with Gasteiger partial charge in [-0.05, 0) is 32.6 Å². The van der Waals surface area contributed by atoms with Crippen molar-refractivity contribution in [1.82, 2.24) is 20.4 Å². The fourth-order valence-corrected chi connectivity index (χ4v) is 3.61. The fraction of sp³-hybridized carbons (Fsp3) is 0.619. The topological polar surface area (TPSA) is 90.1 Å². The highest BCUT2D eigenvalue weighted by atomic mass is 16.5. The van der Waals surface area contributed by atoms with Gasteiger partial charge in [0.2, 0.25) is 5.91 Å². The van der Waals surface area contributed by atoms with Crippen molar-refractivity contribution < 1.29 is 14.1 Å². The Labute approximate surface area is 166 Å². The van der Waals surface area contributed by atoms with Crippen molar-refractivity contribution in [3.8, 4) is 11.3 Å². The van der Waals surface area contributed by atoms with Gasteiger partial charge >= 0.3 is 0 Å². The lowest BCUT2D eigenvalue weighted by Crippen LogP contribution is -2.35. The number of methoxy groups -OCH3 is 1. The van der Waals surface area contributed by atoms with Gasteiger partial charge in [-0.2, -0.15) is 0 Å². The van der Waals surface area contributed by atoms with E-state index in [0.717, 1.165) is 48.5 Å². The Bertz CT molecular complexity index is 795. The number of carbonyl (C=O) groups is 1. The molecular formula is C21H30N4O3. The predicted molar refractivity (Wildman–Crippen MR) is 106 cm³/mol. The third-order valence-corrected chi connectivity index (χ3v) is 5.34. The van der Waals surface area contributed by atoms with Gasteiger partial charge in [0.15, 0.2) is 5.76 Å². The molecule has 2 heterocycles. The van der Waals surface area contributed by atoms with Crippen LogP contribution in [0.5, 0.6) is 0 Å². The normalized spacial score (nSPS) is 19.8. The summed E-state index contributed by atoms with van der Waals surface area (Å²) in [7, 11) is 1.74. The Balaban J connectivity index is 1.64. The van der Waals surface area contributed by atoms with E-state index in [1.54, 1.807) is 13.3 Å². The van der Waals surface area contributed by atoms with Crippen LogP contribution >= 0.6 is 0 Å². The monoisotopic (exact) mass is 386 g/mol. The quantitative estimate of drug-likeness (QED) is 0.784. The first-order chi connectivity index (χ1) is 13.5. The van der Waals surface area contributed by atoms with E-state index in [4.69, 9.17) is 14.2 Å². The molecule has 0 radical (unpaired) electrons. The number of carbonyl (C=O) groups excluding carboxylic acids is 1. The molecule has 1 fully saturated rings. The summed E-state index contributed by atoms with van der Waals surface area (Å²) in [6.45, 7) is 6.55. The maximum absolute atomic E-state index is 12.5. The second-order valence-electron chi connectivity index (χ2n) is 7.83. The average Bonchev–Trinajstić information content (AvgIpc) is 3.14. The van der Waals surface area contributed by atoms with Crippen molar-refractivity contribution >= 4 is 5.91 Å². The van der Waals surface area contributed by atoms with E-state index in [-0.39, 0.29) is 17.7 Å². The number of nitrogens with zero attached hydrogens (tertiary/aromatic N) is 3. The maximum atomic E-state index is 12.5. The number of nitrogens with one attached hydrogen (secondary N) is 1. The van der Waals surface area contributed by atoms with Gasteiger partial charge in [-0.1, -0.05) is 19.0 Å². The van der Waals surface area contributed by atoms with Crippen LogP contribution in [0.3, 0.4) is 0 Å². The summed E-state index contributed by atoms with van der Waals surface area (Å²) in [4.78, 5) is 21.7. The highest BCUT2D eigenvalue weighted by Gasteiger charge is 2.26. The minimum absolute atomic E-state index is 0.0828. The van der Waals surface area contributed by atoms with Crippen molar-refractivity contribution in [2.24, 2.45) is 5.92 Å². The van der Waals surface area contributed by atoms with Crippen molar-refractivity contribution in [2.75, 3.05) is 13.7 Å². The van der Waals surface area contributed by atoms with Crippen LogP contribution < -0.4 is 5.32 Å². The molecule has 0 aliphatic heterocycles. The van der Waals surface area contributed by atoms with Gasteiger partial charge in [0.05, 0.1) is 23.1 Å². The standard InChI is InChI=1S/C21H30N4O3/c1-13(2)20-23-12-17(19-11-14(3)25-28-19)18(24-20)9-10-22-21(26)15-5-7-16(27-4)8-6-15/h11-13,15-16H,5-10H2,1-4H3,(H,22,26). The number of amides is 1. The molecular weight excluding hydrogens is 356 g/mol. The molecule has 0 aromatic carbocycles. The van der Waals surface area contributed by atoms with Crippen LogP contribution in [-0.2, 0) is 16.0 Å². The van der Waals surface area contributed by atoms with Gasteiger partial charge in [-0.3, -0.25) is 4.79 Å².